The van der Waals surface area contributed by atoms with Crippen LogP contribution < -0.4 is 4.90 Å². The van der Waals surface area contributed by atoms with Crippen molar-refractivity contribution in [2.45, 2.75) is 20.8 Å². The SMILES string of the molecule is COC(=O)C1=C(C)N(c2ccc(C)c(C)c2)C(=O)/C1=C\c1ccc(Cl)cc1. The van der Waals surface area contributed by atoms with Gasteiger partial charge < -0.3 is 4.74 Å². The first kappa shape index (κ1) is 18.9. The van der Waals surface area contributed by atoms with E-state index in [-0.39, 0.29) is 11.5 Å². The second kappa shape index (κ2) is 7.41. The Morgan fingerprint density at radius 3 is 2.30 bits per heavy atom. The molecule has 1 amide bonds. The summed E-state index contributed by atoms with van der Waals surface area (Å²) in [5.41, 5.74) is 4.84. The predicted octanol–water partition coefficient (Wildman–Crippen LogP) is 4.83. The highest BCUT2D eigenvalue weighted by molar-refractivity contribution is 6.30. The quantitative estimate of drug-likeness (QED) is 0.565. The number of rotatable bonds is 3. The lowest BCUT2D eigenvalue weighted by Crippen LogP contribution is -2.24. The zero-order chi connectivity index (χ0) is 19.7. The third-order valence-corrected chi connectivity index (χ3v) is 4.97. The van der Waals surface area contributed by atoms with E-state index in [1.54, 1.807) is 42.2 Å². The molecule has 0 fully saturated rings. The minimum atomic E-state index is -0.535. The summed E-state index contributed by atoms with van der Waals surface area (Å²) in [5.74, 6) is -0.793. The van der Waals surface area contributed by atoms with Crippen LogP contribution in [0.25, 0.3) is 6.08 Å². The largest absolute Gasteiger partial charge is 0.465 e. The molecule has 138 valence electrons. The molecule has 0 atom stereocenters. The molecule has 1 heterocycles. The first-order valence-electron chi connectivity index (χ1n) is 8.52. The van der Waals surface area contributed by atoms with E-state index in [4.69, 9.17) is 16.3 Å². The normalized spacial score (nSPS) is 15.7. The summed E-state index contributed by atoms with van der Waals surface area (Å²) in [5, 5.41) is 0.603. The lowest BCUT2D eigenvalue weighted by atomic mass is 10.0. The molecule has 0 aliphatic carbocycles. The highest BCUT2D eigenvalue weighted by Gasteiger charge is 2.37. The number of hydrogen-bond donors (Lipinski definition) is 0. The van der Waals surface area contributed by atoms with Crippen LogP contribution in [-0.2, 0) is 14.3 Å². The van der Waals surface area contributed by atoms with Crippen LogP contribution in [0.15, 0.2) is 59.3 Å². The fourth-order valence-electron chi connectivity index (χ4n) is 3.08. The van der Waals surface area contributed by atoms with E-state index in [0.717, 1.165) is 22.4 Å². The van der Waals surface area contributed by atoms with E-state index < -0.39 is 5.97 Å². The van der Waals surface area contributed by atoms with E-state index in [0.29, 0.717) is 16.3 Å². The number of anilines is 1. The molecule has 0 saturated carbocycles. The Morgan fingerprint density at radius 2 is 1.70 bits per heavy atom. The number of aryl methyl sites for hydroxylation is 2. The molecule has 0 bridgehead atoms. The molecule has 5 heteroatoms. The molecule has 4 nitrogen and oxygen atoms in total. The van der Waals surface area contributed by atoms with Crippen molar-refractivity contribution in [1.82, 2.24) is 0 Å². The molecule has 1 aliphatic heterocycles. The molecule has 2 aromatic rings. The van der Waals surface area contributed by atoms with Crippen LogP contribution in [0.1, 0.15) is 23.6 Å². The second-order valence-electron chi connectivity index (χ2n) is 6.47. The molecule has 27 heavy (non-hydrogen) atoms. The first-order chi connectivity index (χ1) is 12.8. The van der Waals surface area contributed by atoms with Crippen LogP contribution in [0.3, 0.4) is 0 Å². The maximum Gasteiger partial charge on any atom is 0.340 e. The van der Waals surface area contributed by atoms with Gasteiger partial charge in [0.1, 0.15) is 0 Å². The van der Waals surface area contributed by atoms with Crippen LogP contribution in [0.4, 0.5) is 5.69 Å². The molecule has 0 radical (unpaired) electrons. The Morgan fingerprint density at radius 1 is 1.04 bits per heavy atom. The average molecular weight is 382 g/mol. The molecule has 0 spiro atoms. The van der Waals surface area contributed by atoms with Crippen molar-refractivity contribution >= 4 is 35.2 Å². The maximum atomic E-state index is 13.2. The Kier molecular flexibility index (Phi) is 5.19. The van der Waals surface area contributed by atoms with Gasteiger partial charge in [-0.05, 0) is 67.8 Å². The van der Waals surface area contributed by atoms with Gasteiger partial charge >= 0.3 is 5.97 Å². The summed E-state index contributed by atoms with van der Waals surface area (Å²) >= 11 is 5.93. The van der Waals surface area contributed by atoms with Crippen molar-refractivity contribution in [2.24, 2.45) is 0 Å². The number of carbonyl (C=O) groups is 2. The van der Waals surface area contributed by atoms with Crippen LogP contribution in [0.5, 0.6) is 0 Å². The standard InChI is InChI=1S/C22H20ClNO3/c1-13-5-10-18(11-14(13)2)24-15(3)20(22(26)27-4)19(21(24)25)12-16-6-8-17(23)9-7-16/h5-12H,1-4H3/b19-12-. The number of amides is 1. The monoisotopic (exact) mass is 381 g/mol. The van der Waals surface area contributed by atoms with Crippen molar-refractivity contribution in [3.63, 3.8) is 0 Å². The highest BCUT2D eigenvalue weighted by atomic mass is 35.5. The van der Waals surface area contributed by atoms with E-state index in [9.17, 15) is 9.59 Å². The average Bonchev–Trinajstić information content (AvgIpc) is 2.89. The third-order valence-electron chi connectivity index (χ3n) is 4.72. The van der Waals surface area contributed by atoms with Crippen LogP contribution in [0.2, 0.25) is 5.02 Å². The highest BCUT2D eigenvalue weighted by Crippen LogP contribution is 2.36. The number of carbonyl (C=O) groups excluding carboxylic acids is 2. The van der Waals surface area contributed by atoms with Crippen LogP contribution >= 0.6 is 11.6 Å². The summed E-state index contributed by atoms with van der Waals surface area (Å²) in [6.07, 6.45) is 1.69. The van der Waals surface area contributed by atoms with Gasteiger partial charge in [0.2, 0.25) is 0 Å². The van der Waals surface area contributed by atoms with Gasteiger partial charge in [-0.25, -0.2) is 4.79 Å². The number of allylic oxidation sites excluding steroid dienone is 1. The molecule has 2 aromatic carbocycles. The van der Waals surface area contributed by atoms with Gasteiger partial charge in [0.15, 0.2) is 0 Å². The predicted molar refractivity (Wildman–Crippen MR) is 108 cm³/mol. The molecule has 0 aromatic heterocycles. The topological polar surface area (TPSA) is 46.6 Å². The first-order valence-corrected chi connectivity index (χ1v) is 8.90. The molecule has 1 aliphatic rings. The minimum Gasteiger partial charge on any atom is -0.465 e. The molecule has 0 saturated heterocycles. The number of esters is 1. The van der Waals surface area contributed by atoms with Gasteiger partial charge in [-0.3, -0.25) is 9.69 Å². The maximum absolute atomic E-state index is 13.2. The fraction of sp³-hybridized carbons (Fsp3) is 0.182. The summed E-state index contributed by atoms with van der Waals surface area (Å²) in [7, 11) is 1.31. The smallest absolute Gasteiger partial charge is 0.340 e. The second-order valence-corrected chi connectivity index (χ2v) is 6.91. The fourth-order valence-corrected chi connectivity index (χ4v) is 3.21. The van der Waals surface area contributed by atoms with E-state index in [1.165, 1.54) is 7.11 Å². The third kappa shape index (κ3) is 3.53. The summed E-state index contributed by atoms with van der Waals surface area (Å²) in [6, 6.07) is 12.9. The number of halogens is 1. The van der Waals surface area contributed by atoms with Crippen molar-refractivity contribution in [2.75, 3.05) is 12.0 Å². The zero-order valence-corrected chi connectivity index (χ0v) is 16.4. The number of hydrogen-bond acceptors (Lipinski definition) is 3. The Balaban J connectivity index is 2.14. The number of ether oxygens (including phenoxy) is 1. The molecule has 0 N–H and O–H groups in total. The van der Waals surface area contributed by atoms with Gasteiger partial charge in [0.05, 0.1) is 18.3 Å². The molecular formula is C22H20ClNO3. The van der Waals surface area contributed by atoms with E-state index >= 15 is 0 Å². The Bertz CT molecular complexity index is 987. The van der Waals surface area contributed by atoms with Crippen molar-refractivity contribution in [3.8, 4) is 0 Å². The molecule has 0 unspecified atom stereocenters. The van der Waals surface area contributed by atoms with Gasteiger partial charge in [-0.2, -0.15) is 0 Å². The van der Waals surface area contributed by atoms with Crippen LogP contribution in [0, 0.1) is 13.8 Å². The lowest BCUT2D eigenvalue weighted by molar-refractivity contribution is -0.136. The number of methoxy groups -OCH3 is 1. The number of nitrogens with zero attached hydrogens (tertiary/aromatic N) is 1. The Labute approximate surface area is 163 Å². The summed E-state index contributed by atoms with van der Waals surface area (Å²) in [6.45, 7) is 5.76. The molecule has 3 rings (SSSR count). The van der Waals surface area contributed by atoms with Crippen LogP contribution in [-0.4, -0.2) is 19.0 Å². The Hall–Kier alpha value is -2.85. The van der Waals surface area contributed by atoms with Gasteiger partial charge in [0, 0.05) is 16.4 Å². The van der Waals surface area contributed by atoms with Gasteiger partial charge in [0.25, 0.3) is 5.91 Å². The van der Waals surface area contributed by atoms with E-state index in [2.05, 4.69) is 0 Å². The van der Waals surface area contributed by atoms with Gasteiger partial charge in [-0.15, -0.1) is 0 Å². The summed E-state index contributed by atoms with van der Waals surface area (Å²) in [4.78, 5) is 27.2. The van der Waals surface area contributed by atoms with Crippen molar-refractivity contribution in [3.05, 3.63) is 81.0 Å². The summed E-state index contributed by atoms with van der Waals surface area (Å²) < 4.78 is 4.93. The van der Waals surface area contributed by atoms with Crippen molar-refractivity contribution in [1.29, 1.82) is 0 Å². The minimum absolute atomic E-state index is 0.258. The molecular weight excluding hydrogens is 362 g/mol. The number of benzene rings is 2. The van der Waals surface area contributed by atoms with Crippen molar-refractivity contribution < 1.29 is 14.3 Å². The van der Waals surface area contributed by atoms with Gasteiger partial charge in [-0.1, -0.05) is 29.8 Å². The zero-order valence-electron chi connectivity index (χ0n) is 15.7. The van der Waals surface area contributed by atoms with E-state index in [1.807, 2.05) is 32.0 Å². The lowest BCUT2D eigenvalue weighted by Gasteiger charge is -2.19.